The predicted octanol–water partition coefficient (Wildman–Crippen LogP) is 3.82. The van der Waals surface area contributed by atoms with Crippen LogP contribution in [0, 0.1) is 5.82 Å². The molecule has 25 heavy (non-hydrogen) atoms. The molecule has 0 aromatic heterocycles. The molecule has 0 saturated heterocycles. The van der Waals surface area contributed by atoms with Gasteiger partial charge in [0.05, 0.1) is 23.6 Å². The van der Waals surface area contributed by atoms with Gasteiger partial charge >= 0.3 is 0 Å². The summed E-state index contributed by atoms with van der Waals surface area (Å²) in [6.45, 7) is 2.04. The first kappa shape index (κ1) is 19.7. The summed E-state index contributed by atoms with van der Waals surface area (Å²) in [5.74, 6) is 0.133. The number of methoxy groups -OCH3 is 2. The Morgan fingerprint density at radius 1 is 1.08 bits per heavy atom. The topological polar surface area (TPSA) is 55.8 Å². The minimum atomic E-state index is -3.73. The van der Waals surface area contributed by atoms with E-state index in [1.807, 2.05) is 0 Å². The van der Waals surface area contributed by atoms with Crippen molar-refractivity contribution in [3.63, 3.8) is 0 Å². The Labute approximate surface area is 155 Å². The normalized spacial score (nSPS) is 11.6. The first-order valence-electron chi connectivity index (χ1n) is 7.49. The zero-order chi connectivity index (χ0) is 18.6. The highest BCUT2D eigenvalue weighted by Gasteiger charge is 2.24. The van der Waals surface area contributed by atoms with Crippen molar-refractivity contribution in [2.75, 3.05) is 20.8 Å². The molecule has 0 bridgehead atoms. The Morgan fingerprint density at radius 3 is 2.24 bits per heavy atom. The first-order chi connectivity index (χ1) is 11.8. The maximum Gasteiger partial charge on any atom is 0.243 e. The highest BCUT2D eigenvalue weighted by atomic mass is 79.9. The van der Waals surface area contributed by atoms with E-state index in [0.717, 1.165) is 0 Å². The minimum Gasteiger partial charge on any atom is -0.496 e. The molecule has 2 aromatic carbocycles. The number of hydrogen-bond donors (Lipinski definition) is 0. The van der Waals surface area contributed by atoms with Crippen molar-refractivity contribution in [3.8, 4) is 11.5 Å². The molecule has 0 saturated carbocycles. The van der Waals surface area contributed by atoms with E-state index in [9.17, 15) is 12.8 Å². The van der Waals surface area contributed by atoms with Crippen molar-refractivity contribution in [1.82, 2.24) is 4.31 Å². The van der Waals surface area contributed by atoms with Crippen LogP contribution >= 0.6 is 15.9 Å². The third kappa shape index (κ3) is 4.31. The number of nitrogens with zero attached hydrogens (tertiary/aromatic N) is 1. The summed E-state index contributed by atoms with van der Waals surface area (Å²) in [6.07, 6.45) is 0. The average Bonchev–Trinajstić information content (AvgIpc) is 2.59. The van der Waals surface area contributed by atoms with Crippen LogP contribution in [0.15, 0.2) is 45.8 Å². The third-order valence-corrected chi connectivity index (χ3v) is 6.23. The van der Waals surface area contributed by atoms with E-state index in [1.165, 1.54) is 42.8 Å². The maximum absolute atomic E-state index is 13.8. The predicted molar refractivity (Wildman–Crippen MR) is 96.9 cm³/mol. The van der Waals surface area contributed by atoms with Crippen LogP contribution in [-0.2, 0) is 16.6 Å². The van der Waals surface area contributed by atoms with Gasteiger partial charge in [-0.25, -0.2) is 12.8 Å². The maximum atomic E-state index is 13.8. The summed E-state index contributed by atoms with van der Waals surface area (Å²) in [4.78, 5) is 0.135. The lowest BCUT2D eigenvalue weighted by Crippen LogP contribution is -2.30. The van der Waals surface area contributed by atoms with E-state index in [0.29, 0.717) is 15.8 Å². The standard InChI is InChI=1S/C17H19BrFNO4S/c1-4-20(11-12-5-7-17(24-3)15(19)9-12)25(21,22)13-6-8-16(23-2)14(18)10-13/h5-10H,4,11H2,1-3H3. The highest BCUT2D eigenvalue weighted by Crippen LogP contribution is 2.29. The van der Waals surface area contributed by atoms with Gasteiger partial charge < -0.3 is 9.47 Å². The molecule has 8 heteroatoms. The summed E-state index contributed by atoms with van der Waals surface area (Å²) in [6, 6.07) is 8.96. The Morgan fingerprint density at radius 2 is 1.72 bits per heavy atom. The summed E-state index contributed by atoms with van der Waals surface area (Å²) in [5.41, 5.74) is 0.538. The SMILES string of the molecule is CCN(Cc1ccc(OC)c(F)c1)S(=O)(=O)c1ccc(OC)c(Br)c1. The van der Waals surface area contributed by atoms with Crippen LogP contribution in [-0.4, -0.2) is 33.5 Å². The summed E-state index contributed by atoms with van der Waals surface area (Å²) in [5, 5.41) is 0. The molecule has 0 spiro atoms. The van der Waals surface area contributed by atoms with E-state index < -0.39 is 15.8 Å². The molecule has 2 aromatic rings. The van der Waals surface area contributed by atoms with Crippen LogP contribution in [0.4, 0.5) is 4.39 Å². The number of hydrogen-bond acceptors (Lipinski definition) is 4. The number of ether oxygens (including phenoxy) is 2. The molecule has 136 valence electrons. The van der Waals surface area contributed by atoms with Gasteiger partial charge in [-0.1, -0.05) is 13.0 Å². The van der Waals surface area contributed by atoms with Crippen molar-refractivity contribution in [2.45, 2.75) is 18.4 Å². The quantitative estimate of drug-likeness (QED) is 0.668. The largest absolute Gasteiger partial charge is 0.496 e. The van der Waals surface area contributed by atoms with Gasteiger partial charge in [-0.3, -0.25) is 0 Å². The van der Waals surface area contributed by atoms with E-state index in [1.54, 1.807) is 19.1 Å². The molecule has 0 amide bonds. The molecule has 0 radical (unpaired) electrons. The van der Waals surface area contributed by atoms with Gasteiger partial charge in [0.15, 0.2) is 11.6 Å². The van der Waals surface area contributed by atoms with Gasteiger partial charge in [-0.15, -0.1) is 0 Å². The van der Waals surface area contributed by atoms with Gasteiger partial charge in [-0.2, -0.15) is 4.31 Å². The number of halogens is 2. The van der Waals surface area contributed by atoms with Gasteiger partial charge in [0, 0.05) is 13.1 Å². The lowest BCUT2D eigenvalue weighted by molar-refractivity contribution is 0.384. The van der Waals surface area contributed by atoms with Crippen molar-refractivity contribution < 1.29 is 22.3 Å². The van der Waals surface area contributed by atoms with Crippen molar-refractivity contribution >= 4 is 26.0 Å². The third-order valence-electron chi connectivity index (χ3n) is 3.69. The molecule has 0 N–H and O–H groups in total. The molecular weight excluding hydrogens is 413 g/mol. The molecule has 0 fully saturated rings. The fraction of sp³-hybridized carbons (Fsp3) is 0.294. The molecule has 0 aliphatic carbocycles. The summed E-state index contributed by atoms with van der Waals surface area (Å²) < 4.78 is 51.4. The first-order valence-corrected chi connectivity index (χ1v) is 9.72. The fourth-order valence-corrected chi connectivity index (χ4v) is 4.49. The van der Waals surface area contributed by atoms with Crippen LogP contribution in [0.2, 0.25) is 0 Å². The second-order valence-electron chi connectivity index (χ2n) is 5.20. The van der Waals surface area contributed by atoms with Gasteiger partial charge in [0.25, 0.3) is 0 Å². The number of sulfonamides is 1. The zero-order valence-electron chi connectivity index (χ0n) is 14.1. The molecule has 0 aliphatic rings. The molecule has 2 rings (SSSR count). The average molecular weight is 432 g/mol. The van der Waals surface area contributed by atoms with Crippen LogP contribution in [0.25, 0.3) is 0 Å². The van der Waals surface area contributed by atoms with E-state index >= 15 is 0 Å². The van der Waals surface area contributed by atoms with Crippen LogP contribution < -0.4 is 9.47 Å². The molecule has 0 atom stereocenters. The lowest BCUT2D eigenvalue weighted by Gasteiger charge is -2.21. The molecule has 0 aliphatic heterocycles. The van der Waals surface area contributed by atoms with Crippen LogP contribution in [0.1, 0.15) is 12.5 Å². The zero-order valence-corrected chi connectivity index (χ0v) is 16.5. The Bertz CT molecular complexity index is 858. The summed E-state index contributed by atoms with van der Waals surface area (Å²) in [7, 11) is -0.849. The van der Waals surface area contributed by atoms with Gasteiger partial charge in [-0.05, 0) is 51.8 Å². The second kappa shape index (κ2) is 8.16. The summed E-state index contributed by atoms with van der Waals surface area (Å²) >= 11 is 3.29. The van der Waals surface area contributed by atoms with Crippen LogP contribution in [0.5, 0.6) is 11.5 Å². The Hall–Kier alpha value is -1.64. The van der Waals surface area contributed by atoms with Gasteiger partial charge in [0.1, 0.15) is 5.75 Å². The Balaban J connectivity index is 2.32. The molecule has 0 unspecified atom stereocenters. The number of rotatable bonds is 7. The smallest absolute Gasteiger partial charge is 0.243 e. The molecular formula is C17H19BrFNO4S. The lowest BCUT2D eigenvalue weighted by atomic mass is 10.2. The van der Waals surface area contributed by atoms with E-state index in [4.69, 9.17) is 9.47 Å². The Kier molecular flexibility index (Phi) is 6.42. The second-order valence-corrected chi connectivity index (χ2v) is 7.99. The van der Waals surface area contributed by atoms with Crippen molar-refractivity contribution in [2.24, 2.45) is 0 Å². The fourth-order valence-electron chi connectivity index (χ4n) is 2.34. The van der Waals surface area contributed by atoms with Crippen molar-refractivity contribution in [3.05, 3.63) is 52.3 Å². The van der Waals surface area contributed by atoms with E-state index in [-0.39, 0.29) is 23.7 Å². The minimum absolute atomic E-state index is 0.0589. The monoisotopic (exact) mass is 431 g/mol. The van der Waals surface area contributed by atoms with Gasteiger partial charge in [0.2, 0.25) is 10.0 Å². The molecule has 0 heterocycles. The van der Waals surface area contributed by atoms with E-state index in [2.05, 4.69) is 15.9 Å². The molecule has 5 nitrogen and oxygen atoms in total. The highest BCUT2D eigenvalue weighted by molar-refractivity contribution is 9.10. The van der Waals surface area contributed by atoms with Crippen molar-refractivity contribution in [1.29, 1.82) is 0 Å². The van der Waals surface area contributed by atoms with Crippen LogP contribution in [0.3, 0.4) is 0 Å². The number of benzene rings is 2.